The second-order valence-electron chi connectivity index (χ2n) is 6.23. The number of hydrogen-bond donors (Lipinski definition) is 2. The van der Waals surface area contributed by atoms with Gasteiger partial charge < -0.3 is 15.4 Å². The van der Waals surface area contributed by atoms with Crippen LogP contribution in [0.5, 0.6) is 11.5 Å². The lowest BCUT2D eigenvalue weighted by Gasteiger charge is -2.15. The van der Waals surface area contributed by atoms with Gasteiger partial charge in [-0.3, -0.25) is 9.59 Å². The molecule has 0 aliphatic rings. The molecule has 0 radical (unpaired) electrons. The van der Waals surface area contributed by atoms with Crippen molar-refractivity contribution in [2.24, 2.45) is 0 Å². The molecular formula is C22H18F2N2O3. The number of carbonyl (C=O) groups is 2. The lowest BCUT2D eigenvalue weighted by Crippen LogP contribution is -2.41. The van der Waals surface area contributed by atoms with Gasteiger partial charge in [0.25, 0.3) is 5.91 Å². The Morgan fingerprint density at radius 3 is 2.03 bits per heavy atom. The summed E-state index contributed by atoms with van der Waals surface area (Å²) in [5.74, 6) is -3.66. The van der Waals surface area contributed by atoms with Crippen molar-refractivity contribution < 1.29 is 23.1 Å². The molecule has 148 valence electrons. The van der Waals surface area contributed by atoms with Gasteiger partial charge in [-0.1, -0.05) is 36.4 Å². The summed E-state index contributed by atoms with van der Waals surface area (Å²) in [6, 6.07) is 17.7. The van der Waals surface area contributed by atoms with Crippen LogP contribution in [0.3, 0.4) is 0 Å². The van der Waals surface area contributed by atoms with E-state index in [1.807, 2.05) is 0 Å². The van der Waals surface area contributed by atoms with E-state index in [1.165, 1.54) is 6.92 Å². The summed E-state index contributed by atoms with van der Waals surface area (Å²) >= 11 is 0. The molecule has 5 nitrogen and oxygen atoms in total. The Balaban J connectivity index is 1.68. The average Bonchev–Trinajstić information content (AvgIpc) is 2.72. The highest BCUT2D eigenvalue weighted by Crippen LogP contribution is 2.28. The fraction of sp³-hybridized carbons (Fsp3) is 0.0909. The molecule has 1 unspecified atom stereocenters. The monoisotopic (exact) mass is 396 g/mol. The molecule has 0 saturated heterocycles. The number of amides is 2. The molecule has 2 amide bonds. The van der Waals surface area contributed by atoms with Crippen LogP contribution in [0.1, 0.15) is 17.3 Å². The predicted molar refractivity (Wildman–Crippen MR) is 105 cm³/mol. The zero-order valence-corrected chi connectivity index (χ0v) is 15.5. The summed E-state index contributed by atoms with van der Waals surface area (Å²) in [5, 5.41) is 5.05. The molecule has 0 aromatic heterocycles. The van der Waals surface area contributed by atoms with Gasteiger partial charge in [0.05, 0.1) is 0 Å². The molecule has 3 aromatic rings. The van der Waals surface area contributed by atoms with E-state index in [0.29, 0.717) is 5.69 Å². The summed E-state index contributed by atoms with van der Waals surface area (Å²) in [6.07, 6.45) is 0. The fourth-order valence-corrected chi connectivity index (χ4v) is 2.51. The number of hydrogen-bond acceptors (Lipinski definition) is 3. The van der Waals surface area contributed by atoms with Gasteiger partial charge in [0.15, 0.2) is 17.4 Å². The molecular weight excluding hydrogens is 378 g/mol. The molecule has 0 fully saturated rings. The molecule has 0 bridgehead atoms. The Morgan fingerprint density at radius 1 is 0.897 bits per heavy atom. The first-order valence-electron chi connectivity index (χ1n) is 8.83. The Morgan fingerprint density at radius 2 is 1.45 bits per heavy atom. The van der Waals surface area contributed by atoms with Crippen molar-refractivity contribution in [3.8, 4) is 11.5 Å². The summed E-state index contributed by atoms with van der Waals surface area (Å²) in [6.45, 7) is 1.47. The average molecular weight is 396 g/mol. The van der Waals surface area contributed by atoms with E-state index in [-0.39, 0.29) is 11.3 Å². The van der Waals surface area contributed by atoms with Crippen LogP contribution in [0.2, 0.25) is 0 Å². The lowest BCUT2D eigenvalue weighted by molar-refractivity contribution is -0.117. The molecule has 0 aliphatic carbocycles. The molecule has 0 heterocycles. The molecule has 7 heteroatoms. The third-order valence-electron chi connectivity index (χ3n) is 4.01. The third-order valence-corrected chi connectivity index (χ3v) is 4.01. The maximum atomic E-state index is 14.3. The van der Waals surface area contributed by atoms with E-state index < -0.39 is 35.2 Å². The largest absolute Gasteiger partial charge is 0.451 e. The zero-order chi connectivity index (χ0) is 20.8. The van der Waals surface area contributed by atoms with Gasteiger partial charge in [-0.05, 0) is 43.3 Å². The van der Waals surface area contributed by atoms with Crippen molar-refractivity contribution in [3.63, 3.8) is 0 Å². The zero-order valence-electron chi connectivity index (χ0n) is 15.5. The minimum absolute atomic E-state index is 0.258. The highest BCUT2D eigenvalue weighted by Gasteiger charge is 2.20. The van der Waals surface area contributed by atoms with Crippen LogP contribution in [0.15, 0.2) is 72.8 Å². The van der Waals surface area contributed by atoms with Crippen LogP contribution in [-0.2, 0) is 4.79 Å². The lowest BCUT2D eigenvalue weighted by atomic mass is 10.1. The maximum Gasteiger partial charge on any atom is 0.252 e. The predicted octanol–water partition coefficient (Wildman–Crippen LogP) is 4.51. The van der Waals surface area contributed by atoms with E-state index in [1.54, 1.807) is 60.7 Å². The van der Waals surface area contributed by atoms with Gasteiger partial charge in [0.1, 0.15) is 11.8 Å². The number of rotatable bonds is 6. The molecule has 29 heavy (non-hydrogen) atoms. The van der Waals surface area contributed by atoms with Gasteiger partial charge in [-0.25, -0.2) is 8.78 Å². The Bertz CT molecular complexity index is 988. The summed E-state index contributed by atoms with van der Waals surface area (Å²) in [4.78, 5) is 24.5. The van der Waals surface area contributed by atoms with Gasteiger partial charge in [-0.2, -0.15) is 0 Å². The van der Waals surface area contributed by atoms with Crippen LogP contribution in [0.4, 0.5) is 14.5 Å². The summed E-state index contributed by atoms with van der Waals surface area (Å²) in [7, 11) is 0. The molecule has 3 aromatic carbocycles. The second-order valence-corrected chi connectivity index (χ2v) is 6.23. The Kier molecular flexibility index (Phi) is 6.19. The van der Waals surface area contributed by atoms with E-state index in [4.69, 9.17) is 4.74 Å². The first-order chi connectivity index (χ1) is 13.9. The Labute approximate surface area is 166 Å². The smallest absolute Gasteiger partial charge is 0.252 e. The number of anilines is 1. The van der Waals surface area contributed by atoms with Crippen LogP contribution in [0.25, 0.3) is 0 Å². The summed E-state index contributed by atoms with van der Waals surface area (Å²) < 4.78 is 33.8. The van der Waals surface area contributed by atoms with Crippen LogP contribution in [-0.4, -0.2) is 17.9 Å². The molecule has 0 saturated carbocycles. The van der Waals surface area contributed by atoms with Crippen molar-refractivity contribution in [1.29, 1.82) is 0 Å². The van der Waals surface area contributed by atoms with Gasteiger partial charge in [0.2, 0.25) is 5.91 Å². The molecule has 1 atom stereocenters. The minimum Gasteiger partial charge on any atom is -0.451 e. The van der Waals surface area contributed by atoms with Crippen LogP contribution in [0, 0.1) is 11.6 Å². The number of ether oxygens (including phenoxy) is 1. The first-order valence-corrected chi connectivity index (χ1v) is 8.83. The maximum absolute atomic E-state index is 14.3. The van der Waals surface area contributed by atoms with E-state index in [9.17, 15) is 18.4 Å². The van der Waals surface area contributed by atoms with Crippen molar-refractivity contribution in [2.75, 3.05) is 5.32 Å². The molecule has 2 N–H and O–H groups in total. The highest BCUT2D eigenvalue weighted by atomic mass is 19.1. The second kappa shape index (κ2) is 8.97. The van der Waals surface area contributed by atoms with Crippen molar-refractivity contribution in [3.05, 3.63) is 90.0 Å². The standard InChI is InChI=1S/C22H18F2N2O3/c1-14(21(27)26-16-8-4-2-5-9-16)25-22(28)15-12-18(23)20(19(24)13-15)29-17-10-6-3-7-11-17/h2-14H,1H3,(H,25,28)(H,26,27). The third kappa shape index (κ3) is 5.16. The van der Waals surface area contributed by atoms with E-state index in [2.05, 4.69) is 10.6 Å². The van der Waals surface area contributed by atoms with Gasteiger partial charge in [0, 0.05) is 11.3 Å². The molecule has 0 aliphatic heterocycles. The molecule has 3 rings (SSSR count). The quantitative estimate of drug-likeness (QED) is 0.644. The number of carbonyl (C=O) groups excluding carboxylic acids is 2. The van der Waals surface area contributed by atoms with Gasteiger partial charge >= 0.3 is 0 Å². The SMILES string of the molecule is CC(NC(=O)c1cc(F)c(Oc2ccccc2)c(F)c1)C(=O)Nc1ccccc1. The number of nitrogens with one attached hydrogen (secondary N) is 2. The van der Waals surface area contributed by atoms with Crippen molar-refractivity contribution in [1.82, 2.24) is 5.32 Å². The van der Waals surface area contributed by atoms with Crippen molar-refractivity contribution >= 4 is 17.5 Å². The van der Waals surface area contributed by atoms with Gasteiger partial charge in [-0.15, -0.1) is 0 Å². The number of halogens is 2. The number of para-hydroxylation sites is 2. The summed E-state index contributed by atoms with van der Waals surface area (Å²) in [5.41, 5.74) is 0.304. The topological polar surface area (TPSA) is 67.4 Å². The number of benzene rings is 3. The van der Waals surface area contributed by atoms with Crippen LogP contribution < -0.4 is 15.4 Å². The first kappa shape index (κ1) is 20.0. The fourth-order valence-electron chi connectivity index (χ4n) is 2.51. The van der Waals surface area contributed by atoms with E-state index in [0.717, 1.165) is 12.1 Å². The highest BCUT2D eigenvalue weighted by molar-refractivity contribution is 6.01. The minimum atomic E-state index is -1.03. The van der Waals surface area contributed by atoms with Crippen LogP contribution >= 0.6 is 0 Å². The Hall–Kier alpha value is -3.74. The van der Waals surface area contributed by atoms with E-state index >= 15 is 0 Å². The molecule has 0 spiro atoms. The normalized spacial score (nSPS) is 11.4. The van der Waals surface area contributed by atoms with Crippen molar-refractivity contribution in [2.45, 2.75) is 13.0 Å².